The lowest BCUT2D eigenvalue weighted by molar-refractivity contribution is -0.265. The number of ether oxygens (including phenoxy) is 2. The number of hydrogen-bond donors (Lipinski definition) is 1. The molecule has 2 aliphatic heterocycles. The first-order valence-electron chi connectivity index (χ1n) is 6.43. The zero-order valence-corrected chi connectivity index (χ0v) is 10.9. The topological polar surface area (TPSA) is 57.2 Å². The van der Waals surface area contributed by atoms with Crippen LogP contribution in [0.3, 0.4) is 0 Å². The highest BCUT2D eigenvalue weighted by molar-refractivity contribution is 6.61. The van der Waals surface area contributed by atoms with Crippen LogP contribution in [0.2, 0.25) is 0 Å². The summed E-state index contributed by atoms with van der Waals surface area (Å²) in [4.78, 5) is 0. The molecule has 6 heteroatoms. The van der Waals surface area contributed by atoms with E-state index in [1.54, 1.807) is 0 Å². The van der Waals surface area contributed by atoms with Gasteiger partial charge in [-0.1, -0.05) is 30.3 Å². The van der Waals surface area contributed by atoms with Crippen molar-refractivity contribution in [3.63, 3.8) is 0 Å². The number of rotatable bonds is 2. The molecule has 2 heterocycles. The molecule has 102 valence electrons. The molecule has 2 aliphatic rings. The van der Waals surface area contributed by atoms with Gasteiger partial charge in [-0.3, -0.25) is 0 Å². The highest BCUT2D eigenvalue weighted by Gasteiger charge is 2.52. The SMILES string of the molecule is CO[C@@H]1O[C@@H](C)[C@H]2OB(c3ccccc3)O[C@H]2[C@@H]1O. The van der Waals surface area contributed by atoms with Gasteiger partial charge in [0.1, 0.15) is 12.2 Å². The van der Waals surface area contributed by atoms with E-state index in [-0.39, 0.29) is 12.2 Å². The zero-order chi connectivity index (χ0) is 13.4. The van der Waals surface area contributed by atoms with Crippen molar-refractivity contribution < 1.29 is 23.9 Å². The Kier molecular flexibility index (Phi) is 3.60. The third kappa shape index (κ3) is 2.30. The van der Waals surface area contributed by atoms with Crippen molar-refractivity contribution in [2.45, 2.75) is 37.6 Å². The lowest BCUT2D eigenvalue weighted by Gasteiger charge is -2.38. The number of methoxy groups -OCH3 is 1. The molecule has 1 N–H and O–H groups in total. The first-order valence-corrected chi connectivity index (χ1v) is 6.43. The molecule has 1 aromatic carbocycles. The summed E-state index contributed by atoms with van der Waals surface area (Å²) in [7, 11) is 1.04. The lowest BCUT2D eigenvalue weighted by atomic mass is 9.79. The number of benzene rings is 1. The third-order valence-corrected chi connectivity index (χ3v) is 3.62. The van der Waals surface area contributed by atoms with Crippen LogP contribution >= 0.6 is 0 Å². The average molecular weight is 264 g/mol. The van der Waals surface area contributed by atoms with Gasteiger partial charge in [-0.15, -0.1) is 0 Å². The molecule has 0 radical (unpaired) electrons. The highest BCUT2D eigenvalue weighted by atomic mass is 16.7. The van der Waals surface area contributed by atoms with E-state index in [1.165, 1.54) is 7.11 Å². The van der Waals surface area contributed by atoms with Crippen molar-refractivity contribution in [2.24, 2.45) is 0 Å². The molecule has 0 aromatic heterocycles. The van der Waals surface area contributed by atoms with Gasteiger partial charge in [0.2, 0.25) is 0 Å². The van der Waals surface area contributed by atoms with Crippen LogP contribution in [-0.4, -0.2) is 50.0 Å². The van der Waals surface area contributed by atoms with Crippen molar-refractivity contribution in [1.82, 2.24) is 0 Å². The molecule has 0 spiro atoms. The Morgan fingerprint density at radius 3 is 2.53 bits per heavy atom. The van der Waals surface area contributed by atoms with Crippen LogP contribution < -0.4 is 5.46 Å². The summed E-state index contributed by atoms with van der Waals surface area (Å²) in [6.45, 7) is 1.90. The Bertz CT molecular complexity index is 428. The van der Waals surface area contributed by atoms with E-state index in [4.69, 9.17) is 18.8 Å². The summed E-state index contributed by atoms with van der Waals surface area (Å²) >= 11 is 0. The molecule has 5 nitrogen and oxygen atoms in total. The van der Waals surface area contributed by atoms with Gasteiger partial charge in [0.15, 0.2) is 6.29 Å². The summed E-state index contributed by atoms with van der Waals surface area (Å²) in [5.41, 5.74) is 0.935. The molecule has 0 aliphatic carbocycles. The molecule has 0 saturated carbocycles. The minimum Gasteiger partial charge on any atom is -0.399 e. The summed E-state index contributed by atoms with van der Waals surface area (Å²) in [6.07, 6.45) is -2.42. The first kappa shape index (κ1) is 13.1. The van der Waals surface area contributed by atoms with Gasteiger partial charge in [-0.2, -0.15) is 0 Å². The minimum atomic E-state index is -0.847. The van der Waals surface area contributed by atoms with Gasteiger partial charge in [0.25, 0.3) is 0 Å². The van der Waals surface area contributed by atoms with Crippen LogP contribution in [0.25, 0.3) is 0 Å². The molecular formula is C13H17BO5. The maximum absolute atomic E-state index is 10.2. The molecule has 0 bridgehead atoms. The molecule has 1 aromatic rings. The van der Waals surface area contributed by atoms with Gasteiger partial charge < -0.3 is 23.9 Å². The van der Waals surface area contributed by atoms with E-state index in [0.717, 1.165) is 5.46 Å². The Morgan fingerprint density at radius 1 is 1.16 bits per heavy atom. The van der Waals surface area contributed by atoms with E-state index in [1.807, 2.05) is 37.3 Å². The normalized spacial score (nSPS) is 38.3. The molecule has 5 atom stereocenters. The van der Waals surface area contributed by atoms with Crippen LogP contribution in [0.4, 0.5) is 0 Å². The van der Waals surface area contributed by atoms with E-state index in [0.29, 0.717) is 0 Å². The number of hydrogen-bond acceptors (Lipinski definition) is 5. The Morgan fingerprint density at radius 2 is 1.84 bits per heavy atom. The fraction of sp³-hybridized carbons (Fsp3) is 0.538. The number of aliphatic hydroxyl groups is 1. The van der Waals surface area contributed by atoms with E-state index in [9.17, 15) is 5.11 Å². The zero-order valence-electron chi connectivity index (χ0n) is 10.9. The third-order valence-electron chi connectivity index (χ3n) is 3.62. The summed E-state index contributed by atoms with van der Waals surface area (Å²) < 4.78 is 22.4. The lowest BCUT2D eigenvalue weighted by Crippen LogP contribution is -2.55. The van der Waals surface area contributed by atoms with Gasteiger partial charge in [-0.05, 0) is 12.4 Å². The van der Waals surface area contributed by atoms with Crippen LogP contribution in [0, 0.1) is 0 Å². The van der Waals surface area contributed by atoms with E-state index in [2.05, 4.69) is 0 Å². The number of fused-ring (bicyclic) bond motifs is 1. The molecule has 2 saturated heterocycles. The predicted molar refractivity (Wildman–Crippen MR) is 68.9 cm³/mol. The Hall–Kier alpha value is -0.915. The maximum Gasteiger partial charge on any atom is 0.494 e. The molecule has 3 rings (SSSR count). The fourth-order valence-electron chi connectivity index (χ4n) is 2.61. The van der Waals surface area contributed by atoms with Crippen molar-refractivity contribution in [1.29, 1.82) is 0 Å². The van der Waals surface area contributed by atoms with E-state index >= 15 is 0 Å². The van der Waals surface area contributed by atoms with Crippen LogP contribution in [-0.2, 0) is 18.8 Å². The molecule has 0 unspecified atom stereocenters. The second-order valence-electron chi connectivity index (χ2n) is 4.88. The van der Waals surface area contributed by atoms with Crippen LogP contribution in [0.1, 0.15) is 6.92 Å². The van der Waals surface area contributed by atoms with Crippen molar-refractivity contribution in [2.75, 3.05) is 7.11 Å². The average Bonchev–Trinajstić information content (AvgIpc) is 2.90. The molecule has 19 heavy (non-hydrogen) atoms. The first-order chi connectivity index (χ1) is 9.20. The van der Waals surface area contributed by atoms with Gasteiger partial charge in [0.05, 0.1) is 12.2 Å². The summed E-state index contributed by atoms with van der Waals surface area (Å²) in [5.74, 6) is 0. The highest BCUT2D eigenvalue weighted by Crippen LogP contribution is 2.31. The minimum absolute atomic E-state index is 0.188. The molecule has 2 fully saturated rings. The second-order valence-corrected chi connectivity index (χ2v) is 4.88. The van der Waals surface area contributed by atoms with Crippen molar-refractivity contribution in [3.05, 3.63) is 30.3 Å². The standard InChI is InChI=1S/C13H17BO5/c1-8-11-12(10(15)13(16-2)17-8)19-14(18-11)9-6-4-3-5-7-9/h3-8,10-13,15H,1-2H3/t8-,10-,11+,12-,13+/m0/s1. The fourth-order valence-corrected chi connectivity index (χ4v) is 2.61. The van der Waals surface area contributed by atoms with Gasteiger partial charge >= 0.3 is 7.12 Å². The quantitative estimate of drug-likeness (QED) is 0.757. The summed E-state index contributed by atoms with van der Waals surface area (Å²) in [6, 6.07) is 9.67. The maximum atomic E-state index is 10.2. The summed E-state index contributed by atoms with van der Waals surface area (Å²) in [5, 5.41) is 10.2. The second kappa shape index (κ2) is 5.23. The van der Waals surface area contributed by atoms with Crippen LogP contribution in [0.15, 0.2) is 30.3 Å². The van der Waals surface area contributed by atoms with E-state index < -0.39 is 25.6 Å². The van der Waals surface area contributed by atoms with Crippen LogP contribution in [0.5, 0.6) is 0 Å². The number of aliphatic hydroxyl groups excluding tert-OH is 1. The Labute approximate surface area is 112 Å². The largest absolute Gasteiger partial charge is 0.494 e. The van der Waals surface area contributed by atoms with Gasteiger partial charge in [0, 0.05) is 7.11 Å². The predicted octanol–water partition coefficient (Wildman–Crippen LogP) is -0.0821. The Balaban J connectivity index is 1.79. The molecular weight excluding hydrogens is 247 g/mol. The molecule has 0 amide bonds. The monoisotopic (exact) mass is 264 g/mol. The van der Waals surface area contributed by atoms with Crippen molar-refractivity contribution in [3.8, 4) is 0 Å². The smallest absolute Gasteiger partial charge is 0.399 e. The van der Waals surface area contributed by atoms with Gasteiger partial charge in [-0.25, -0.2) is 0 Å². The van der Waals surface area contributed by atoms with Crippen molar-refractivity contribution >= 4 is 12.6 Å².